The molecule has 3 heteroatoms. The van der Waals surface area contributed by atoms with Crippen molar-refractivity contribution in [3.63, 3.8) is 0 Å². The van der Waals surface area contributed by atoms with Gasteiger partial charge in [0, 0.05) is 5.56 Å². The van der Waals surface area contributed by atoms with Crippen molar-refractivity contribution in [2.24, 2.45) is 0 Å². The van der Waals surface area contributed by atoms with Gasteiger partial charge >= 0.3 is 0 Å². The second-order valence-electron chi connectivity index (χ2n) is 5.11. The summed E-state index contributed by atoms with van der Waals surface area (Å²) in [6, 6.07) is 17.9. The highest BCUT2D eigenvalue weighted by Crippen LogP contribution is 2.28. The summed E-state index contributed by atoms with van der Waals surface area (Å²) in [4.78, 5) is 12.0. The summed E-state index contributed by atoms with van der Waals surface area (Å²) in [6.07, 6.45) is 3.32. The van der Waals surface area contributed by atoms with Crippen LogP contribution >= 0.6 is 0 Å². The lowest BCUT2D eigenvalue weighted by Gasteiger charge is -2.26. The molecule has 0 radical (unpaired) electrons. The Bertz CT molecular complexity index is 595. The first-order valence-electron chi connectivity index (χ1n) is 7.03. The third-order valence-electron chi connectivity index (χ3n) is 3.77. The molecule has 0 fully saturated rings. The highest BCUT2D eigenvalue weighted by Gasteiger charge is 2.19. The first-order valence-corrected chi connectivity index (χ1v) is 7.03. The van der Waals surface area contributed by atoms with Gasteiger partial charge in [0.2, 0.25) is 0 Å². The molecule has 0 aromatic heterocycles. The van der Waals surface area contributed by atoms with Crippen LogP contribution in [0.15, 0.2) is 54.6 Å². The lowest BCUT2D eigenvalue weighted by molar-refractivity contribution is 0.0923. The SMILES string of the molecule is O=C(NNC1CCCc2ccccc21)c1ccccc1. The third-order valence-corrected chi connectivity index (χ3v) is 3.77. The minimum Gasteiger partial charge on any atom is -0.287 e. The number of hydrogen-bond acceptors (Lipinski definition) is 2. The summed E-state index contributed by atoms with van der Waals surface area (Å²) in [5, 5.41) is 0. The normalized spacial score (nSPS) is 17.3. The highest BCUT2D eigenvalue weighted by atomic mass is 16.2. The number of benzene rings is 2. The molecule has 0 spiro atoms. The lowest BCUT2D eigenvalue weighted by atomic mass is 9.88. The average molecular weight is 266 g/mol. The van der Waals surface area contributed by atoms with Gasteiger partial charge in [0.1, 0.15) is 0 Å². The molecule has 1 atom stereocenters. The number of aryl methyl sites for hydroxylation is 1. The Morgan fingerprint density at radius 1 is 1.00 bits per heavy atom. The van der Waals surface area contributed by atoms with Crippen LogP contribution in [-0.2, 0) is 6.42 Å². The quantitative estimate of drug-likeness (QED) is 0.838. The number of hydrazine groups is 1. The number of carbonyl (C=O) groups excluding carboxylic acids is 1. The third kappa shape index (κ3) is 2.73. The lowest BCUT2D eigenvalue weighted by Crippen LogP contribution is -2.41. The molecular formula is C17H18N2O. The van der Waals surface area contributed by atoms with E-state index < -0.39 is 0 Å². The molecule has 20 heavy (non-hydrogen) atoms. The molecule has 2 aromatic carbocycles. The van der Waals surface area contributed by atoms with Gasteiger partial charge < -0.3 is 0 Å². The van der Waals surface area contributed by atoms with E-state index in [9.17, 15) is 4.79 Å². The maximum atomic E-state index is 12.0. The zero-order valence-electron chi connectivity index (χ0n) is 11.3. The molecule has 1 aliphatic rings. The molecule has 3 rings (SSSR count). The summed E-state index contributed by atoms with van der Waals surface area (Å²) in [7, 11) is 0. The molecule has 0 bridgehead atoms. The van der Waals surface area contributed by atoms with Crippen LogP contribution in [0.5, 0.6) is 0 Å². The maximum Gasteiger partial charge on any atom is 0.265 e. The summed E-state index contributed by atoms with van der Waals surface area (Å²) in [5.41, 5.74) is 9.35. The monoisotopic (exact) mass is 266 g/mol. The van der Waals surface area contributed by atoms with E-state index in [1.165, 1.54) is 11.1 Å². The maximum absolute atomic E-state index is 12.0. The van der Waals surface area contributed by atoms with E-state index in [0.717, 1.165) is 19.3 Å². The van der Waals surface area contributed by atoms with E-state index in [1.54, 1.807) is 0 Å². The van der Waals surface area contributed by atoms with Crippen LogP contribution in [0.3, 0.4) is 0 Å². The highest BCUT2D eigenvalue weighted by molar-refractivity contribution is 5.93. The van der Waals surface area contributed by atoms with Crippen LogP contribution in [0.4, 0.5) is 0 Å². The number of fused-ring (bicyclic) bond motifs is 1. The van der Waals surface area contributed by atoms with Gasteiger partial charge in [-0.3, -0.25) is 10.2 Å². The zero-order chi connectivity index (χ0) is 13.8. The van der Waals surface area contributed by atoms with Crippen LogP contribution < -0.4 is 10.9 Å². The molecule has 2 aromatic rings. The van der Waals surface area contributed by atoms with E-state index in [1.807, 2.05) is 30.3 Å². The Labute approximate surface area is 119 Å². The van der Waals surface area contributed by atoms with Gasteiger partial charge in [0.25, 0.3) is 5.91 Å². The van der Waals surface area contributed by atoms with Crippen molar-refractivity contribution in [1.29, 1.82) is 0 Å². The summed E-state index contributed by atoms with van der Waals surface area (Å²) >= 11 is 0. The van der Waals surface area contributed by atoms with Crippen molar-refractivity contribution in [2.75, 3.05) is 0 Å². The van der Waals surface area contributed by atoms with Gasteiger partial charge in [-0.05, 0) is 42.5 Å². The summed E-state index contributed by atoms with van der Waals surface area (Å²) < 4.78 is 0. The second kappa shape index (κ2) is 5.88. The fourth-order valence-electron chi connectivity index (χ4n) is 2.72. The second-order valence-corrected chi connectivity index (χ2v) is 5.11. The zero-order valence-corrected chi connectivity index (χ0v) is 11.3. The Morgan fingerprint density at radius 2 is 1.75 bits per heavy atom. The van der Waals surface area contributed by atoms with Gasteiger partial charge in [0.05, 0.1) is 6.04 Å². The Morgan fingerprint density at radius 3 is 2.60 bits per heavy atom. The van der Waals surface area contributed by atoms with Crippen molar-refractivity contribution in [3.8, 4) is 0 Å². The molecule has 1 unspecified atom stereocenters. The van der Waals surface area contributed by atoms with Gasteiger partial charge in [-0.1, -0.05) is 42.5 Å². The number of carbonyl (C=O) groups is 1. The topological polar surface area (TPSA) is 41.1 Å². The molecule has 3 nitrogen and oxygen atoms in total. The van der Waals surface area contributed by atoms with Crippen molar-refractivity contribution in [2.45, 2.75) is 25.3 Å². The predicted octanol–water partition coefficient (Wildman–Crippen LogP) is 3.00. The standard InChI is InChI=1S/C17H18N2O/c20-17(14-8-2-1-3-9-14)19-18-16-12-6-10-13-7-4-5-11-15(13)16/h1-5,7-9,11,16,18H,6,10,12H2,(H,19,20). The number of nitrogens with one attached hydrogen (secondary N) is 2. The van der Waals surface area contributed by atoms with Crippen LogP contribution in [0.2, 0.25) is 0 Å². The molecule has 0 heterocycles. The first-order chi connectivity index (χ1) is 9.84. The average Bonchev–Trinajstić information content (AvgIpc) is 2.53. The largest absolute Gasteiger partial charge is 0.287 e. The molecule has 0 saturated heterocycles. The minimum absolute atomic E-state index is 0.0892. The molecule has 2 N–H and O–H groups in total. The van der Waals surface area contributed by atoms with Crippen LogP contribution in [0, 0.1) is 0 Å². The van der Waals surface area contributed by atoms with Gasteiger partial charge in [-0.15, -0.1) is 0 Å². The number of hydrogen-bond donors (Lipinski definition) is 2. The molecule has 1 aliphatic carbocycles. The van der Waals surface area contributed by atoms with E-state index in [-0.39, 0.29) is 11.9 Å². The van der Waals surface area contributed by atoms with Gasteiger partial charge in [-0.25, -0.2) is 5.43 Å². The van der Waals surface area contributed by atoms with Gasteiger partial charge in [0.15, 0.2) is 0 Å². The van der Waals surface area contributed by atoms with Crippen molar-refractivity contribution >= 4 is 5.91 Å². The van der Waals surface area contributed by atoms with Gasteiger partial charge in [-0.2, -0.15) is 0 Å². The molecule has 0 aliphatic heterocycles. The molecule has 102 valence electrons. The van der Waals surface area contributed by atoms with E-state index >= 15 is 0 Å². The molecular weight excluding hydrogens is 248 g/mol. The minimum atomic E-state index is -0.0892. The van der Waals surface area contributed by atoms with E-state index in [4.69, 9.17) is 0 Å². The molecule has 1 amide bonds. The van der Waals surface area contributed by atoms with Crippen molar-refractivity contribution in [3.05, 3.63) is 71.3 Å². The van der Waals surface area contributed by atoms with Crippen LogP contribution in [0.25, 0.3) is 0 Å². The number of rotatable bonds is 3. The van der Waals surface area contributed by atoms with Crippen molar-refractivity contribution in [1.82, 2.24) is 10.9 Å². The van der Waals surface area contributed by atoms with E-state index in [2.05, 4.69) is 35.1 Å². The Hall–Kier alpha value is -2.13. The van der Waals surface area contributed by atoms with Crippen LogP contribution in [0.1, 0.15) is 40.4 Å². The first kappa shape index (κ1) is 12.9. The summed E-state index contributed by atoms with van der Waals surface area (Å²) in [5.74, 6) is -0.0892. The Balaban J connectivity index is 1.67. The summed E-state index contributed by atoms with van der Waals surface area (Å²) in [6.45, 7) is 0. The smallest absolute Gasteiger partial charge is 0.265 e. The Kier molecular flexibility index (Phi) is 3.79. The van der Waals surface area contributed by atoms with Crippen LogP contribution in [-0.4, -0.2) is 5.91 Å². The molecule has 0 saturated carbocycles. The fourth-order valence-corrected chi connectivity index (χ4v) is 2.72. The fraction of sp³-hybridized carbons (Fsp3) is 0.235. The number of amides is 1. The van der Waals surface area contributed by atoms with Crippen molar-refractivity contribution < 1.29 is 4.79 Å². The predicted molar refractivity (Wildman–Crippen MR) is 79.2 cm³/mol. The van der Waals surface area contributed by atoms with E-state index in [0.29, 0.717) is 5.56 Å².